The second-order valence-corrected chi connectivity index (χ2v) is 6.05. The van der Waals surface area contributed by atoms with Crippen LogP contribution in [0.2, 0.25) is 0 Å². The molecular weight excluding hydrogens is 398 g/mol. The highest BCUT2D eigenvalue weighted by Gasteiger charge is 2.15. The number of ether oxygens (including phenoxy) is 3. The van der Waals surface area contributed by atoms with Crippen LogP contribution in [-0.2, 0) is 0 Å². The fourth-order valence-electron chi connectivity index (χ4n) is 2.35. The van der Waals surface area contributed by atoms with Crippen LogP contribution in [0.4, 0.5) is 0 Å². The van der Waals surface area contributed by atoms with E-state index in [0.717, 1.165) is 0 Å². The van der Waals surface area contributed by atoms with Crippen molar-refractivity contribution < 1.29 is 19.0 Å². The lowest BCUT2D eigenvalue weighted by molar-refractivity contribution is 0.104. The van der Waals surface area contributed by atoms with Crippen LogP contribution < -0.4 is 14.2 Å². The van der Waals surface area contributed by atoms with Crippen molar-refractivity contribution in [3.63, 3.8) is 0 Å². The van der Waals surface area contributed by atoms with Crippen molar-refractivity contribution in [2.24, 2.45) is 0 Å². The van der Waals surface area contributed by atoms with Crippen molar-refractivity contribution in [1.82, 2.24) is 0 Å². The first-order valence-corrected chi connectivity index (χ1v) is 8.64. The lowest BCUT2D eigenvalue weighted by Gasteiger charge is -2.12. The summed E-state index contributed by atoms with van der Waals surface area (Å²) in [5, 5.41) is 9.43. The van der Waals surface area contributed by atoms with Crippen molar-refractivity contribution >= 4 is 27.8 Å². The molecule has 0 aliphatic heterocycles. The number of ketones is 1. The summed E-state index contributed by atoms with van der Waals surface area (Å²) in [5.41, 5.74) is 1.09. The van der Waals surface area contributed by atoms with Gasteiger partial charge in [-0.25, -0.2) is 0 Å². The molecule has 2 rings (SSSR count). The maximum atomic E-state index is 12.6. The molecule has 0 amide bonds. The Morgan fingerprint density at radius 2 is 1.88 bits per heavy atom. The van der Waals surface area contributed by atoms with Crippen LogP contribution in [0.3, 0.4) is 0 Å². The second-order valence-electron chi connectivity index (χ2n) is 5.19. The van der Waals surface area contributed by atoms with Crippen LogP contribution in [0.25, 0.3) is 6.08 Å². The number of Topliss-reactive ketones (excluding diaryl/α,β-unsaturated/α-hetero) is 1. The quantitative estimate of drug-likeness (QED) is 0.373. The highest BCUT2D eigenvalue weighted by atomic mass is 79.9. The summed E-state index contributed by atoms with van der Waals surface area (Å²) in [6, 6.07) is 12.1. The van der Waals surface area contributed by atoms with Crippen LogP contribution in [-0.4, -0.2) is 26.6 Å². The standard InChI is InChI=1S/C20H18BrNO4/c1-4-26-18-11-13(10-17(21)20(18)25-3)9-15(12-22)19(23)14-5-7-16(24-2)8-6-14/h5-11H,4H2,1-3H3/b15-9+. The van der Waals surface area contributed by atoms with Gasteiger partial charge in [0, 0.05) is 5.56 Å². The molecule has 0 heterocycles. The van der Waals surface area contributed by atoms with Gasteiger partial charge in [-0.2, -0.15) is 5.26 Å². The molecule has 0 aliphatic carbocycles. The van der Waals surface area contributed by atoms with Crippen molar-refractivity contribution in [3.05, 3.63) is 57.6 Å². The number of hydrogen-bond acceptors (Lipinski definition) is 5. The molecule has 0 radical (unpaired) electrons. The van der Waals surface area contributed by atoms with E-state index in [0.29, 0.717) is 39.5 Å². The van der Waals surface area contributed by atoms with Gasteiger partial charge >= 0.3 is 0 Å². The van der Waals surface area contributed by atoms with Crippen molar-refractivity contribution in [3.8, 4) is 23.3 Å². The lowest BCUT2D eigenvalue weighted by Crippen LogP contribution is -2.02. The van der Waals surface area contributed by atoms with E-state index in [4.69, 9.17) is 14.2 Å². The number of methoxy groups -OCH3 is 2. The Hall–Kier alpha value is -2.78. The van der Waals surface area contributed by atoms with E-state index in [2.05, 4.69) is 15.9 Å². The zero-order chi connectivity index (χ0) is 19.1. The largest absolute Gasteiger partial charge is 0.497 e. The summed E-state index contributed by atoms with van der Waals surface area (Å²) >= 11 is 3.42. The Morgan fingerprint density at radius 1 is 1.19 bits per heavy atom. The molecular formula is C20H18BrNO4. The highest BCUT2D eigenvalue weighted by Crippen LogP contribution is 2.37. The third kappa shape index (κ3) is 4.44. The predicted octanol–water partition coefficient (Wildman–Crippen LogP) is 4.65. The maximum absolute atomic E-state index is 12.6. The normalized spacial score (nSPS) is 10.8. The molecule has 0 saturated carbocycles. The summed E-state index contributed by atoms with van der Waals surface area (Å²) in [5.74, 6) is 1.37. The van der Waals surface area contributed by atoms with Gasteiger partial charge in [-0.15, -0.1) is 0 Å². The van der Waals surface area contributed by atoms with Gasteiger partial charge < -0.3 is 14.2 Å². The summed E-state index contributed by atoms with van der Waals surface area (Å²) in [4.78, 5) is 12.6. The van der Waals surface area contributed by atoms with Gasteiger partial charge in [-0.1, -0.05) is 0 Å². The fraction of sp³-hybridized carbons (Fsp3) is 0.200. The maximum Gasteiger partial charge on any atom is 0.203 e. The first kappa shape index (κ1) is 19.5. The zero-order valence-corrected chi connectivity index (χ0v) is 16.3. The van der Waals surface area contributed by atoms with Gasteiger partial charge in [0.05, 0.1) is 25.3 Å². The highest BCUT2D eigenvalue weighted by molar-refractivity contribution is 9.10. The molecule has 134 valence electrons. The van der Waals surface area contributed by atoms with Crippen LogP contribution in [0.1, 0.15) is 22.8 Å². The number of carbonyl (C=O) groups is 1. The molecule has 5 nitrogen and oxygen atoms in total. The average molecular weight is 416 g/mol. The molecule has 0 fully saturated rings. The first-order valence-electron chi connectivity index (χ1n) is 7.84. The van der Waals surface area contributed by atoms with Crippen LogP contribution in [0.15, 0.2) is 46.4 Å². The molecule has 0 bridgehead atoms. The van der Waals surface area contributed by atoms with E-state index in [1.165, 1.54) is 6.08 Å². The Bertz CT molecular complexity index is 867. The average Bonchev–Trinajstić information content (AvgIpc) is 2.66. The number of allylic oxidation sites excluding steroid dienone is 1. The number of nitrogens with zero attached hydrogens (tertiary/aromatic N) is 1. The first-order chi connectivity index (χ1) is 12.5. The molecule has 0 aromatic heterocycles. The lowest BCUT2D eigenvalue weighted by atomic mass is 10.0. The molecule has 2 aromatic carbocycles. The van der Waals surface area contributed by atoms with Gasteiger partial charge in [0.15, 0.2) is 11.5 Å². The zero-order valence-electron chi connectivity index (χ0n) is 14.7. The molecule has 26 heavy (non-hydrogen) atoms. The van der Waals surface area contributed by atoms with Gasteiger partial charge in [-0.05, 0) is 70.9 Å². The third-order valence-corrected chi connectivity index (χ3v) is 4.15. The number of hydrogen-bond donors (Lipinski definition) is 0. The minimum atomic E-state index is -0.361. The van der Waals surface area contributed by atoms with Crippen LogP contribution in [0, 0.1) is 11.3 Å². The van der Waals surface area contributed by atoms with Crippen LogP contribution in [0.5, 0.6) is 17.2 Å². The molecule has 0 aliphatic rings. The van der Waals surface area contributed by atoms with E-state index in [1.807, 2.05) is 13.0 Å². The summed E-state index contributed by atoms with van der Waals surface area (Å²) < 4.78 is 16.6. The van der Waals surface area contributed by atoms with E-state index in [9.17, 15) is 10.1 Å². The molecule has 2 aromatic rings. The molecule has 0 atom stereocenters. The smallest absolute Gasteiger partial charge is 0.203 e. The summed E-state index contributed by atoms with van der Waals surface area (Å²) in [6.45, 7) is 2.33. The number of halogens is 1. The number of rotatable bonds is 7. The van der Waals surface area contributed by atoms with Crippen molar-refractivity contribution in [1.29, 1.82) is 5.26 Å². The second kappa shape index (κ2) is 9.07. The number of carbonyl (C=O) groups excluding carboxylic acids is 1. The molecule has 0 unspecified atom stereocenters. The summed E-state index contributed by atoms with van der Waals surface area (Å²) in [7, 11) is 3.10. The minimum absolute atomic E-state index is 0.0229. The van der Waals surface area contributed by atoms with Crippen molar-refractivity contribution in [2.45, 2.75) is 6.92 Å². The third-order valence-electron chi connectivity index (χ3n) is 3.56. The van der Waals surface area contributed by atoms with Gasteiger partial charge in [0.25, 0.3) is 0 Å². The van der Waals surface area contributed by atoms with Crippen LogP contribution >= 0.6 is 15.9 Å². The Morgan fingerprint density at radius 3 is 2.42 bits per heavy atom. The SMILES string of the molecule is CCOc1cc(/C=C(\C#N)C(=O)c2ccc(OC)cc2)cc(Br)c1OC. The topological polar surface area (TPSA) is 68.5 Å². The predicted molar refractivity (Wildman–Crippen MR) is 103 cm³/mol. The van der Waals surface area contributed by atoms with Crippen molar-refractivity contribution in [2.75, 3.05) is 20.8 Å². The molecule has 0 N–H and O–H groups in total. The Kier molecular flexibility index (Phi) is 6.81. The number of benzene rings is 2. The number of nitriles is 1. The summed E-state index contributed by atoms with van der Waals surface area (Å²) in [6.07, 6.45) is 1.53. The van der Waals surface area contributed by atoms with E-state index in [1.54, 1.807) is 50.6 Å². The van der Waals surface area contributed by atoms with Gasteiger partial charge in [0.2, 0.25) is 5.78 Å². The van der Waals surface area contributed by atoms with Gasteiger partial charge in [0.1, 0.15) is 17.4 Å². The van der Waals surface area contributed by atoms with E-state index < -0.39 is 0 Å². The molecule has 0 spiro atoms. The monoisotopic (exact) mass is 415 g/mol. The fourth-order valence-corrected chi connectivity index (χ4v) is 2.97. The Labute approximate surface area is 160 Å². The van der Waals surface area contributed by atoms with Gasteiger partial charge in [-0.3, -0.25) is 4.79 Å². The molecule has 0 saturated heterocycles. The molecule has 6 heteroatoms. The Balaban J connectivity index is 2.41. The minimum Gasteiger partial charge on any atom is -0.497 e. The van der Waals surface area contributed by atoms with E-state index >= 15 is 0 Å². The van der Waals surface area contributed by atoms with E-state index in [-0.39, 0.29) is 11.4 Å².